The highest BCUT2D eigenvalue weighted by atomic mass is 32.2. The van der Waals surface area contributed by atoms with E-state index in [-0.39, 0.29) is 10.9 Å². The molecular formula is C15H16N2O3S. The molecule has 0 aliphatic carbocycles. The molecule has 6 heteroatoms. The smallest absolute Gasteiger partial charge is 0.241 e. The summed E-state index contributed by atoms with van der Waals surface area (Å²) in [4.78, 5) is 0.132. The number of hydrogen-bond acceptors (Lipinski definition) is 4. The summed E-state index contributed by atoms with van der Waals surface area (Å²) in [5.41, 5.74) is 0.923. The van der Waals surface area contributed by atoms with Crippen molar-refractivity contribution in [3.05, 3.63) is 53.5 Å². The third-order valence-electron chi connectivity index (χ3n) is 3.05. The molecule has 1 heterocycles. The number of rotatable bonds is 5. The Morgan fingerprint density at radius 3 is 2.76 bits per heavy atom. The Morgan fingerprint density at radius 2 is 2.14 bits per heavy atom. The monoisotopic (exact) mass is 304 g/mol. The number of nitriles is 1. The summed E-state index contributed by atoms with van der Waals surface area (Å²) in [5.74, 6) is 0.715. The minimum atomic E-state index is -3.67. The second-order valence-corrected chi connectivity index (χ2v) is 6.58. The number of furan rings is 1. The van der Waals surface area contributed by atoms with Crippen LogP contribution in [-0.2, 0) is 16.4 Å². The van der Waals surface area contributed by atoms with E-state index >= 15 is 0 Å². The highest BCUT2D eigenvalue weighted by Gasteiger charge is 2.20. The molecule has 1 aromatic heterocycles. The zero-order chi connectivity index (χ0) is 15.5. The van der Waals surface area contributed by atoms with Gasteiger partial charge in [-0.15, -0.1) is 0 Å². The van der Waals surface area contributed by atoms with Crippen molar-refractivity contribution in [2.75, 3.05) is 0 Å². The van der Waals surface area contributed by atoms with Crippen molar-refractivity contribution in [2.24, 2.45) is 0 Å². The highest BCUT2D eigenvalue weighted by molar-refractivity contribution is 7.89. The predicted octanol–water partition coefficient (Wildman–Crippen LogP) is 2.37. The van der Waals surface area contributed by atoms with Gasteiger partial charge in [0.1, 0.15) is 5.76 Å². The molecule has 0 fully saturated rings. The molecule has 1 atom stereocenters. The first kappa shape index (κ1) is 15.3. The average molecular weight is 304 g/mol. The van der Waals surface area contributed by atoms with Crippen molar-refractivity contribution in [1.82, 2.24) is 4.72 Å². The van der Waals surface area contributed by atoms with Gasteiger partial charge >= 0.3 is 0 Å². The fraction of sp³-hybridized carbons (Fsp3) is 0.267. The highest BCUT2D eigenvalue weighted by Crippen LogP contribution is 2.17. The fourth-order valence-corrected chi connectivity index (χ4v) is 3.57. The van der Waals surface area contributed by atoms with Gasteiger partial charge in [-0.25, -0.2) is 13.1 Å². The van der Waals surface area contributed by atoms with E-state index in [1.54, 1.807) is 44.4 Å². The maximum absolute atomic E-state index is 12.4. The van der Waals surface area contributed by atoms with Crippen LogP contribution in [0, 0.1) is 18.3 Å². The number of hydrogen-bond donors (Lipinski definition) is 1. The van der Waals surface area contributed by atoms with Crippen LogP contribution in [0.2, 0.25) is 0 Å². The number of aryl methyl sites for hydroxylation is 1. The van der Waals surface area contributed by atoms with Gasteiger partial charge in [0.05, 0.1) is 22.8 Å². The third-order valence-corrected chi connectivity index (χ3v) is 4.78. The fourth-order valence-electron chi connectivity index (χ4n) is 2.06. The lowest BCUT2D eigenvalue weighted by molar-refractivity contribution is 0.479. The van der Waals surface area contributed by atoms with E-state index in [1.807, 2.05) is 6.07 Å². The van der Waals surface area contributed by atoms with Gasteiger partial charge in [0, 0.05) is 12.5 Å². The first-order valence-corrected chi connectivity index (χ1v) is 7.96. The average Bonchev–Trinajstić information content (AvgIpc) is 2.91. The standard InChI is InChI=1S/C15H16N2O3S/c1-11-5-6-13(10-16)9-15(11)21(18,19)17-12(2)8-14-4-3-7-20-14/h3-7,9,12,17H,8H2,1-2H3. The molecule has 0 saturated heterocycles. The van der Waals surface area contributed by atoms with E-state index in [9.17, 15) is 8.42 Å². The summed E-state index contributed by atoms with van der Waals surface area (Å²) in [7, 11) is -3.67. The molecule has 5 nitrogen and oxygen atoms in total. The van der Waals surface area contributed by atoms with E-state index in [0.29, 0.717) is 23.3 Å². The second kappa shape index (κ2) is 6.12. The number of nitrogens with zero attached hydrogens (tertiary/aromatic N) is 1. The Morgan fingerprint density at radius 1 is 1.38 bits per heavy atom. The Hall–Kier alpha value is -2.10. The molecule has 0 radical (unpaired) electrons. The van der Waals surface area contributed by atoms with Crippen LogP contribution in [-0.4, -0.2) is 14.5 Å². The van der Waals surface area contributed by atoms with Gasteiger partial charge in [0.2, 0.25) is 10.0 Å². The molecule has 110 valence electrons. The van der Waals surface area contributed by atoms with Crippen LogP contribution in [0.4, 0.5) is 0 Å². The van der Waals surface area contributed by atoms with Crippen LogP contribution in [0.1, 0.15) is 23.8 Å². The van der Waals surface area contributed by atoms with Gasteiger partial charge in [-0.3, -0.25) is 0 Å². The van der Waals surface area contributed by atoms with Crippen molar-refractivity contribution in [1.29, 1.82) is 5.26 Å². The molecule has 21 heavy (non-hydrogen) atoms. The van der Waals surface area contributed by atoms with E-state index in [2.05, 4.69) is 4.72 Å². The van der Waals surface area contributed by atoms with E-state index in [4.69, 9.17) is 9.68 Å². The maximum atomic E-state index is 12.4. The van der Waals surface area contributed by atoms with E-state index in [1.165, 1.54) is 6.07 Å². The normalized spacial score (nSPS) is 12.8. The molecule has 1 aromatic carbocycles. The first-order valence-electron chi connectivity index (χ1n) is 6.48. The largest absolute Gasteiger partial charge is 0.469 e. The Bertz CT molecular complexity index is 759. The molecule has 2 rings (SSSR count). The molecule has 0 aliphatic rings. The third kappa shape index (κ3) is 3.72. The van der Waals surface area contributed by atoms with Gasteiger partial charge < -0.3 is 4.42 Å². The lowest BCUT2D eigenvalue weighted by atomic mass is 10.2. The lowest BCUT2D eigenvalue weighted by Gasteiger charge is -2.14. The molecule has 1 unspecified atom stereocenters. The van der Waals surface area contributed by atoms with Gasteiger partial charge in [0.25, 0.3) is 0 Å². The predicted molar refractivity (Wildman–Crippen MR) is 78.1 cm³/mol. The summed E-state index contributed by atoms with van der Waals surface area (Å²) in [6.45, 7) is 3.47. The summed E-state index contributed by atoms with van der Waals surface area (Å²) < 4.78 is 32.6. The zero-order valence-electron chi connectivity index (χ0n) is 11.8. The molecule has 0 amide bonds. The zero-order valence-corrected chi connectivity index (χ0v) is 12.6. The number of nitrogens with one attached hydrogen (secondary N) is 1. The van der Waals surface area contributed by atoms with Crippen molar-refractivity contribution in [3.63, 3.8) is 0 Å². The minimum absolute atomic E-state index is 0.132. The lowest BCUT2D eigenvalue weighted by Crippen LogP contribution is -2.34. The molecule has 0 aliphatic heterocycles. The summed E-state index contributed by atoms with van der Waals surface area (Å²) in [6, 6.07) is 9.81. The van der Waals surface area contributed by atoms with E-state index in [0.717, 1.165) is 0 Å². The van der Waals surface area contributed by atoms with Crippen molar-refractivity contribution < 1.29 is 12.8 Å². The topological polar surface area (TPSA) is 83.1 Å². The molecule has 0 spiro atoms. The number of sulfonamides is 1. The van der Waals surface area contributed by atoms with Crippen LogP contribution in [0.25, 0.3) is 0 Å². The Labute approximate surface area is 124 Å². The van der Waals surface area contributed by atoms with E-state index < -0.39 is 10.0 Å². The van der Waals surface area contributed by atoms with Gasteiger partial charge in [-0.2, -0.15) is 5.26 Å². The van der Waals surface area contributed by atoms with Crippen molar-refractivity contribution >= 4 is 10.0 Å². The Balaban J connectivity index is 2.20. The molecule has 0 bridgehead atoms. The SMILES string of the molecule is Cc1ccc(C#N)cc1S(=O)(=O)NC(C)Cc1ccco1. The number of benzene rings is 1. The molecule has 1 N–H and O–H groups in total. The van der Waals surface area contributed by atoms with Crippen LogP contribution in [0.5, 0.6) is 0 Å². The van der Waals surface area contributed by atoms with Crippen LogP contribution in [0.15, 0.2) is 45.9 Å². The van der Waals surface area contributed by atoms with Crippen molar-refractivity contribution in [2.45, 2.75) is 31.2 Å². The van der Waals surface area contributed by atoms with Gasteiger partial charge in [-0.05, 0) is 43.7 Å². The first-order chi connectivity index (χ1) is 9.92. The minimum Gasteiger partial charge on any atom is -0.469 e. The summed E-state index contributed by atoms with van der Waals surface area (Å²) >= 11 is 0. The van der Waals surface area contributed by atoms with Crippen molar-refractivity contribution in [3.8, 4) is 6.07 Å². The quantitative estimate of drug-likeness (QED) is 0.919. The second-order valence-electron chi connectivity index (χ2n) is 4.90. The summed E-state index contributed by atoms with van der Waals surface area (Å²) in [5, 5.41) is 8.89. The van der Waals surface area contributed by atoms with Crippen LogP contribution in [0.3, 0.4) is 0 Å². The van der Waals surface area contributed by atoms with Gasteiger partial charge in [0.15, 0.2) is 0 Å². The summed E-state index contributed by atoms with van der Waals surface area (Å²) in [6.07, 6.45) is 2.01. The van der Waals surface area contributed by atoms with Crippen LogP contribution >= 0.6 is 0 Å². The molecule has 0 saturated carbocycles. The Kier molecular flexibility index (Phi) is 4.46. The molecular weight excluding hydrogens is 288 g/mol. The molecule has 2 aromatic rings. The van der Waals surface area contributed by atoms with Crippen LogP contribution < -0.4 is 4.72 Å². The van der Waals surface area contributed by atoms with Gasteiger partial charge in [-0.1, -0.05) is 6.07 Å². The maximum Gasteiger partial charge on any atom is 0.241 e.